The predicted octanol–water partition coefficient (Wildman–Crippen LogP) is -9.88. The molecular formula is C5H9Li2O8P. The number of phosphoric ester groups is 1. The Balaban J connectivity index is -0.000000845. The van der Waals surface area contributed by atoms with Gasteiger partial charge in [-0.05, 0) is 0 Å². The smallest absolute Gasteiger partial charge is 0.790 e. The Morgan fingerprint density at radius 3 is 2.06 bits per heavy atom. The molecule has 0 spiro atoms. The molecule has 0 aromatic rings. The Labute approximate surface area is 116 Å². The number of phosphoric acid groups is 1. The Morgan fingerprint density at radius 2 is 1.75 bits per heavy atom. The van der Waals surface area contributed by atoms with Crippen LogP contribution in [0.2, 0.25) is 0 Å². The summed E-state index contributed by atoms with van der Waals surface area (Å²) in [5, 5.41) is 26.0. The fourth-order valence-corrected chi connectivity index (χ4v) is 0.902. The first kappa shape index (κ1) is 22.1. The summed E-state index contributed by atoms with van der Waals surface area (Å²) in [4.78, 5) is 30.4. The van der Waals surface area contributed by atoms with Gasteiger partial charge in [-0.25, -0.2) is 0 Å². The molecule has 84 valence electrons. The van der Waals surface area contributed by atoms with Crippen LogP contribution in [0.1, 0.15) is 0 Å². The van der Waals surface area contributed by atoms with E-state index in [4.69, 9.17) is 15.3 Å². The van der Waals surface area contributed by atoms with E-state index in [1.54, 1.807) is 0 Å². The Bertz CT molecular complexity index is 243. The van der Waals surface area contributed by atoms with Crippen LogP contribution < -0.4 is 47.5 Å². The number of aliphatic hydroxyl groups excluding tert-OH is 3. The van der Waals surface area contributed by atoms with E-state index in [1.807, 2.05) is 0 Å². The average molecular weight is 242 g/mol. The molecule has 0 aliphatic rings. The molecule has 0 saturated carbocycles. The van der Waals surface area contributed by atoms with Crippen molar-refractivity contribution < 1.29 is 76.7 Å². The van der Waals surface area contributed by atoms with Crippen LogP contribution in [-0.4, -0.2) is 46.5 Å². The molecule has 0 aliphatic carbocycles. The summed E-state index contributed by atoms with van der Waals surface area (Å²) < 4.78 is 13.5. The summed E-state index contributed by atoms with van der Waals surface area (Å²) in [6, 6.07) is 0. The molecule has 8 nitrogen and oxygen atoms in total. The van der Waals surface area contributed by atoms with Crippen LogP contribution in [0.25, 0.3) is 0 Å². The number of hydrogen-bond acceptors (Lipinski definition) is 8. The molecule has 0 heterocycles. The summed E-state index contributed by atoms with van der Waals surface area (Å²) in [5.74, 6) is -1.10. The third-order valence-corrected chi connectivity index (χ3v) is 1.72. The van der Waals surface area contributed by atoms with Crippen molar-refractivity contribution in [3.05, 3.63) is 0 Å². The maximum absolute atomic E-state index is 10.5. The summed E-state index contributed by atoms with van der Waals surface area (Å²) in [7, 11) is -5.24. The van der Waals surface area contributed by atoms with Crippen molar-refractivity contribution in [3.63, 3.8) is 0 Å². The summed E-state index contributed by atoms with van der Waals surface area (Å²) in [6.45, 7) is -2.04. The molecule has 0 aromatic heterocycles. The van der Waals surface area contributed by atoms with Crippen molar-refractivity contribution in [2.45, 2.75) is 12.2 Å². The van der Waals surface area contributed by atoms with E-state index in [9.17, 15) is 19.1 Å². The molecule has 0 unspecified atom stereocenters. The van der Waals surface area contributed by atoms with Crippen molar-refractivity contribution in [2.75, 3.05) is 13.2 Å². The fourth-order valence-electron chi connectivity index (χ4n) is 0.567. The van der Waals surface area contributed by atoms with E-state index in [0.717, 1.165) is 0 Å². The van der Waals surface area contributed by atoms with Crippen LogP contribution in [0.4, 0.5) is 0 Å². The molecule has 16 heavy (non-hydrogen) atoms. The molecule has 0 fully saturated rings. The zero-order chi connectivity index (χ0) is 11.4. The van der Waals surface area contributed by atoms with Crippen LogP contribution in [0.3, 0.4) is 0 Å². The molecule has 0 bridgehead atoms. The van der Waals surface area contributed by atoms with Gasteiger partial charge < -0.3 is 34.2 Å². The van der Waals surface area contributed by atoms with E-state index >= 15 is 0 Å². The second kappa shape index (κ2) is 9.84. The first-order chi connectivity index (χ1) is 6.28. The van der Waals surface area contributed by atoms with Gasteiger partial charge in [0.15, 0.2) is 5.78 Å². The third-order valence-electron chi connectivity index (χ3n) is 1.25. The maximum Gasteiger partial charge on any atom is 1.00 e. The van der Waals surface area contributed by atoms with Crippen molar-refractivity contribution in [3.8, 4) is 0 Å². The van der Waals surface area contributed by atoms with Gasteiger partial charge in [-0.2, -0.15) is 0 Å². The van der Waals surface area contributed by atoms with Crippen LogP contribution in [0, 0.1) is 0 Å². The Morgan fingerprint density at radius 1 is 1.31 bits per heavy atom. The van der Waals surface area contributed by atoms with Gasteiger partial charge in [0, 0.05) is 0 Å². The Kier molecular flexibility index (Phi) is 13.6. The Hall–Kier alpha value is 0.855. The van der Waals surface area contributed by atoms with Gasteiger partial charge in [0.2, 0.25) is 0 Å². The van der Waals surface area contributed by atoms with Gasteiger partial charge in [-0.3, -0.25) is 4.79 Å². The number of hydrogen-bond donors (Lipinski definition) is 3. The second-order valence-electron chi connectivity index (χ2n) is 2.38. The van der Waals surface area contributed by atoms with E-state index in [0.29, 0.717) is 0 Å². The molecule has 3 N–H and O–H groups in total. The number of rotatable bonds is 6. The maximum atomic E-state index is 10.5. The minimum atomic E-state index is -5.24. The molecule has 0 radical (unpaired) electrons. The number of carbonyl (C=O) groups excluding carboxylic acids is 1. The molecule has 0 aliphatic heterocycles. The standard InChI is InChI=1S/C5H11O8P.2Li/c6-1-3(7)5(9)4(8)2-13-14(10,11)12;;/h4-6,8-9H,1-2H2,(H2,10,11,12);;/q;2*+1/p-2/t4-,5-;;/m1../s1. The molecule has 2 atom stereocenters. The summed E-state index contributed by atoms with van der Waals surface area (Å²) in [5.41, 5.74) is 0. The topological polar surface area (TPSA) is 150 Å². The van der Waals surface area contributed by atoms with Gasteiger partial charge in [0.25, 0.3) is 0 Å². The van der Waals surface area contributed by atoms with Gasteiger partial charge >= 0.3 is 37.7 Å². The van der Waals surface area contributed by atoms with Gasteiger partial charge in [0.05, 0.1) is 14.4 Å². The van der Waals surface area contributed by atoms with Crippen molar-refractivity contribution in [2.24, 2.45) is 0 Å². The molecule has 11 heteroatoms. The van der Waals surface area contributed by atoms with Crippen molar-refractivity contribution in [1.82, 2.24) is 0 Å². The normalized spacial score (nSPS) is 14.3. The molecule has 0 aromatic carbocycles. The van der Waals surface area contributed by atoms with E-state index in [2.05, 4.69) is 4.52 Å². The van der Waals surface area contributed by atoms with E-state index < -0.39 is 39.0 Å². The molecular weight excluding hydrogens is 233 g/mol. The quantitative estimate of drug-likeness (QED) is 0.307. The van der Waals surface area contributed by atoms with Crippen LogP contribution >= 0.6 is 7.82 Å². The zero-order valence-corrected chi connectivity index (χ0v) is 9.79. The number of ketones is 1. The largest absolute Gasteiger partial charge is 1.00 e. The minimum Gasteiger partial charge on any atom is -0.790 e. The molecule has 0 rings (SSSR count). The molecule has 0 saturated heterocycles. The zero-order valence-electron chi connectivity index (χ0n) is 8.90. The SMILES string of the molecule is O=C(CO)[C@@H](O)[C@H](O)COP(=O)([O-])[O-].[Li+].[Li+]. The van der Waals surface area contributed by atoms with Gasteiger partial charge in [-0.1, -0.05) is 0 Å². The number of aliphatic hydroxyl groups is 3. The first-order valence-corrected chi connectivity index (χ1v) is 4.90. The number of Topliss-reactive ketones (excluding diaryl/α,β-unsaturated/α-hetero) is 1. The monoisotopic (exact) mass is 242 g/mol. The van der Waals surface area contributed by atoms with Crippen molar-refractivity contribution in [1.29, 1.82) is 0 Å². The van der Waals surface area contributed by atoms with E-state index in [1.165, 1.54) is 0 Å². The third kappa shape index (κ3) is 10.0. The van der Waals surface area contributed by atoms with E-state index in [-0.39, 0.29) is 37.7 Å². The average Bonchev–Trinajstić information content (AvgIpc) is 2.10. The fraction of sp³-hybridized carbons (Fsp3) is 0.800. The predicted molar refractivity (Wildman–Crippen MR) is 37.7 cm³/mol. The first-order valence-electron chi connectivity index (χ1n) is 3.44. The summed E-state index contributed by atoms with van der Waals surface area (Å²) in [6.07, 6.45) is -3.85. The van der Waals surface area contributed by atoms with Gasteiger partial charge in [-0.15, -0.1) is 0 Å². The summed E-state index contributed by atoms with van der Waals surface area (Å²) >= 11 is 0. The number of carbonyl (C=O) groups is 1. The minimum absolute atomic E-state index is 0. The molecule has 0 amide bonds. The van der Waals surface area contributed by atoms with Crippen LogP contribution in [-0.2, 0) is 13.9 Å². The van der Waals surface area contributed by atoms with Crippen LogP contribution in [0.5, 0.6) is 0 Å². The van der Waals surface area contributed by atoms with Crippen molar-refractivity contribution >= 4 is 13.6 Å². The van der Waals surface area contributed by atoms with Crippen LogP contribution in [0.15, 0.2) is 0 Å². The second-order valence-corrected chi connectivity index (χ2v) is 3.53. The van der Waals surface area contributed by atoms with Gasteiger partial charge in [0.1, 0.15) is 18.8 Å².